The van der Waals surface area contributed by atoms with Gasteiger partial charge in [-0.05, 0) is 25.8 Å². The van der Waals surface area contributed by atoms with Gasteiger partial charge in [0.25, 0.3) is 0 Å². The molecule has 1 aliphatic carbocycles. The highest BCUT2D eigenvalue weighted by atomic mass is 35.5. The van der Waals surface area contributed by atoms with E-state index in [1.54, 1.807) is 28.8 Å². The Kier molecular flexibility index (Phi) is 6.01. The minimum Gasteiger partial charge on any atom is -0.339 e. The summed E-state index contributed by atoms with van der Waals surface area (Å²) < 4.78 is 1.59. The van der Waals surface area contributed by atoms with Gasteiger partial charge in [-0.3, -0.25) is 14.3 Å². The summed E-state index contributed by atoms with van der Waals surface area (Å²) in [4.78, 5) is 28.8. The Morgan fingerprint density at radius 2 is 1.69 bits per heavy atom. The Bertz CT molecular complexity index is 699. The van der Waals surface area contributed by atoms with Gasteiger partial charge in [0.15, 0.2) is 0 Å². The SMILES string of the molecule is Cc1nn(C)c(Cl)c1/C=C/C(=O)N1CCN(C(=O)C2CCCCC2)CC1. The Morgan fingerprint density at radius 3 is 2.27 bits per heavy atom. The summed E-state index contributed by atoms with van der Waals surface area (Å²) >= 11 is 6.19. The number of piperazine rings is 1. The minimum atomic E-state index is -0.0471. The average Bonchev–Trinajstić information content (AvgIpc) is 2.91. The van der Waals surface area contributed by atoms with Crippen molar-refractivity contribution in [3.05, 3.63) is 22.5 Å². The molecule has 0 radical (unpaired) electrons. The lowest BCUT2D eigenvalue weighted by Crippen LogP contribution is -2.51. The van der Waals surface area contributed by atoms with Crippen LogP contribution in [0.4, 0.5) is 0 Å². The fourth-order valence-corrected chi connectivity index (χ4v) is 4.09. The van der Waals surface area contributed by atoms with Crippen molar-refractivity contribution in [3.8, 4) is 0 Å². The van der Waals surface area contributed by atoms with Gasteiger partial charge in [-0.15, -0.1) is 0 Å². The number of amides is 2. The van der Waals surface area contributed by atoms with E-state index in [9.17, 15) is 9.59 Å². The van der Waals surface area contributed by atoms with Crippen molar-refractivity contribution in [1.29, 1.82) is 0 Å². The first-order valence-electron chi connectivity index (χ1n) is 9.42. The number of carbonyl (C=O) groups excluding carboxylic acids is 2. The molecule has 6 nitrogen and oxygen atoms in total. The van der Waals surface area contributed by atoms with Crippen molar-refractivity contribution in [3.63, 3.8) is 0 Å². The highest BCUT2D eigenvalue weighted by molar-refractivity contribution is 6.31. The third-order valence-electron chi connectivity index (χ3n) is 5.45. The van der Waals surface area contributed by atoms with Gasteiger partial charge in [-0.25, -0.2) is 0 Å². The normalized spacial score (nSPS) is 19.3. The quantitative estimate of drug-likeness (QED) is 0.760. The molecule has 142 valence electrons. The Balaban J connectivity index is 1.53. The van der Waals surface area contributed by atoms with Gasteiger partial charge in [-0.2, -0.15) is 5.10 Å². The summed E-state index contributed by atoms with van der Waals surface area (Å²) in [5.74, 6) is 0.431. The number of carbonyl (C=O) groups is 2. The molecule has 1 saturated heterocycles. The number of aromatic nitrogens is 2. The van der Waals surface area contributed by atoms with Crippen LogP contribution in [0.25, 0.3) is 6.08 Å². The van der Waals surface area contributed by atoms with E-state index >= 15 is 0 Å². The predicted molar refractivity (Wildman–Crippen MR) is 102 cm³/mol. The zero-order valence-corrected chi connectivity index (χ0v) is 16.3. The molecular formula is C19H27ClN4O2. The molecule has 1 aromatic rings. The second-order valence-corrected chi connectivity index (χ2v) is 7.59. The maximum Gasteiger partial charge on any atom is 0.246 e. The van der Waals surface area contributed by atoms with Crippen LogP contribution in [0.3, 0.4) is 0 Å². The second-order valence-electron chi connectivity index (χ2n) is 7.23. The molecule has 2 amide bonds. The first-order chi connectivity index (χ1) is 12.5. The molecule has 2 fully saturated rings. The topological polar surface area (TPSA) is 58.4 Å². The molecular weight excluding hydrogens is 352 g/mol. The highest BCUT2D eigenvalue weighted by Crippen LogP contribution is 2.26. The Morgan fingerprint density at radius 1 is 1.08 bits per heavy atom. The van der Waals surface area contributed by atoms with Crippen molar-refractivity contribution in [1.82, 2.24) is 19.6 Å². The lowest BCUT2D eigenvalue weighted by atomic mass is 9.88. The van der Waals surface area contributed by atoms with E-state index in [0.717, 1.165) is 36.9 Å². The van der Waals surface area contributed by atoms with E-state index in [4.69, 9.17) is 11.6 Å². The van der Waals surface area contributed by atoms with Gasteiger partial charge >= 0.3 is 0 Å². The third kappa shape index (κ3) is 4.11. The molecule has 0 unspecified atom stereocenters. The first-order valence-corrected chi connectivity index (χ1v) is 9.80. The standard InChI is InChI=1S/C19H27ClN4O2/c1-14-16(18(20)22(2)21-14)8-9-17(25)23-10-12-24(13-11-23)19(26)15-6-4-3-5-7-15/h8-9,15H,3-7,10-13H2,1-2H3/b9-8+. The van der Waals surface area contributed by atoms with E-state index in [2.05, 4.69) is 5.10 Å². The third-order valence-corrected chi connectivity index (χ3v) is 5.89. The zero-order valence-electron chi connectivity index (χ0n) is 15.6. The van der Waals surface area contributed by atoms with Crippen molar-refractivity contribution in [2.75, 3.05) is 26.2 Å². The maximum absolute atomic E-state index is 12.6. The second kappa shape index (κ2) is 8.25. The largest absolute Gasteiger partial charge is 0.339 e. The average molecular weight is 379 g/mol. The summed E-state index contributed by atoms with van der Waals surface area (Å²) in [6, 6.07) is 0. The van der Waals surface area contributed by atoms with Crippen LogP contribution in [0, 0.1) is 12.8 Å². The first kappa shape index (κ1) is 19.0. The molecule has 0 atom stereocenters. The van der Waals surface area contributed by atoms with Crippen molar-refractivity contribution >= 4 is 29.5 Å². The number of aryl methyl sites for hydroxylation is 2. The molecule has 1 aliphatic heterocycles. The summed E-state index contributed by atoms with van der Waals surface area (Å²) in [5.41, 5.74) is 1.57. The van der Waals surface area contributed by atoms with Gasteiger partial charge in [0.1, 0.15) is 5.15 Å². The van der Waals surface area contributed by atoms with Gasteiger partial charge in [0.05, 0.1) is 5.69 Å². The molecule has 1 aromatic heterocycles. The molecule has 2 aliphatic rings. The van der Waals surface area contributed by atoms with Crippen LogP contribution in [0.1, 0.15) is 43.4 Å². The van der Waals surface area contributed by atoms with Gasteiger partial charge in [0.2, 0.25) is 11.8 Å². The Labute approximate surface area is 159 Å². The molecule has 7 heteroatoms. The van der Waals surface area contributed by atoms with E-state index in [-0.39, 0.29) is 17.7 Å². The molecule has 0 aromatic carbocycles. The van der Waals surface area contributed by atoms with Crippen LogP contribution in [0.5, 0.6) is 0 Å². The van der Waals surface area contributed by atoms with E-state index in [1.807, 2.05) is 11.8 Å². The molecule has 0 N–H and O–H groups in total. The summed E-state index contributed by atoms with van der Waals surface area (Å²) in [6.45, 7) is 4.29. The van der Waals surface area contributed by atoms with Gasteiger partial charge < -0.3 is 9.80 Å². The monoisotopic (exact) mass is 378 g/mol. The summed E-state index contributed by atoms with van der Waals surface area (Å²) in [5, 5.41) is 4.76. The predicted octanol–water partition coefficient (Wildman–Crippen LogP) is 2.65. The van der Waals surface area contributed by atoms with E-state index in [0.29, 0.717) is 31.3 Å². The number of rotatable bonds is 3. The van der Waals surface area contributed by atoms with Crippen LogP contribution >= 0.6 is 11.6 Å². The Hall–Kier alpha value is -1.82. The van der Waals surface area contributed by atoms with Crippen molar-refractivity contribution in [2.24, 2.45) is 13.0 Å². The van der Waals surface area contributed by atoms with E-state index in [1.165, 1.54) is 6.42 Å². The van der Waals surface area contributed by atoms with Crippen LogP contribution in [0.2, 0.25) is 5.15 Å². The minimum absolute atomic E-state index is 0.0471. The van der Waals surface area contributed by atoms with Crippen LogP contribution in [-0.4, -0.2) is 57.6 Å². The fraction of sp³-hybridized carbons (Fsp3) is 0.632. The van der Waals surface area contributed by atoms with Gasteiger partial charge in [-0.1, -0.05) is 30.9 Å². The lowest BCUT2D eigenvalue weighted by molar-refractivity contribution is -0.141. The maximum atomic E-state index is 12.6. The number of nitrogens with zero attached hydrogens (tertiary/aromatic N) is 4. The van der Waals surface area contributed by atoms with Crippen LogP contribution in [-0.2, 0) is 16.6 Å². The van der Waals surface area contributed by atoms with Crippen LogP contribution in [0.15, 0.2) is 6.08 Å². The summed E-state index contributed by atoms with van der Waals surface area (Å²) in [6.07, 6.45) is 8.89. The molecule has 26 heavy (non-hydrogen) atoms. The molecule has 3 rings (SSSR count). The molecule has 1 saturated carbocycles. The smallest absolute Gasteiger partial charge is 0.246 e. The number of halogens is 1. The zero-order chi connectivity index (χ0) is 18.7. The molecule has 0 spiro atoms. The van der Waals surface area contributed by atoms with E-state index < -0.39 is 0 Å². The molecule has 0 bridgehead atoms. The van der Waals surface area contributed by atoms with Gasteiger partial charge in [0, 0.05) is 50.8 Å². The highest BCUT2D eigenvalue weighted by Gasteiger charge is 2.29. The number of hydrogen-bond acceptors (Lipinski definition) is 3. The molecule has 2 heterocycles. The van der Waals surface area contributed by atoms with Crippen molar-refractivity contribution < 1.29 is 9.59 Å². The van der Waals surface area contributed by atoms with Crippen LogP contribution < -0.4 is 0 Å². The lowest BCUT2D eigenvalue weighted by Gasteiger charge is -2.36. The summed E-state index contributed by atoms with van der Waals surface area (Å²) in [7, 11) is 1.77. The fourth-order valence-electron chi connectivity index (χ4n) is 3.85. The number of hydrogen-bond donors (Lipinski definition) is 0. The van der Waals surface area contributed by atoms with Crippen molar-refractivity contribution in [2.45, 2.75) is 39.0 Å².